The zero-order chi connectivity index (χ0) is 19.3. The minimum atomic E-state index is -4.44. The van der Waals surface area contributed by atoms with Gasteiger partial charge in [0.2, 0.25) is 0 Å². The summed E-state index contributed by atoms with van der Waals surface area (Å²) in [6, 6.07) is 7.70. The maximum atomic E-state index is 12.8. The van der Waals surface area contributed by atoms with E-state index in [0.29, 0.717) is 17.1 Å². The highest BCUT2D eigenvalue weighted by Crippen LogP contribution is 2.34. The molecule has 8 heteroatoms. The molecule has 26 heavy (non-hydrogen) atoms. The smallest absolute Gasteiger partial charge is 0.416 e. The van der Waals surface area contributed by atoms with Gasteiger partial charge in [0.1, 0.15) is 5.75 Å². The SMILES string of the molecule is COc1cc(OC)c(C(=O)NCc2cccc(C(F)(F)F)c2)cc1OC. The third-order valence-electron chi connectivity index (χ3n) is 3.66. The summed E-state index contributed by atoms with van der Waals surface area (Å²) in [5.74, 6) is 0.459. The van der Waals surface area contributed by atoms with Crippen molar-refractivity contribution in [3.63, 3.8) is 0 Å². The number of alkyl halides is 3. The van der Waals surface area contributed by atoms with Crippen molar-refractivity contribution in [1.82, 2.24) is 5.32 Å². The standard InChI is InChI=1S/C18H18F3NO4/c1-24-14-9-16(26-3)15(25-2)8-13(14)17(23)22-10-11-5-4-6-12(7-11)18(19,20)21/h4-9H,10H2,1-3H3,(H,22,23). The zero-order valence-corrected chi connectivity index (χ0v) is 14.4. The number of rotatable bonds is 6. The maximum Gasteiger partial charge on any atom is 0.416 e. The third-order valence-corrected chi connectivity index (χ3v) is 3.66. The fraction of sp³-hybridized carbons (Fsp3) is 0.278. The van der Waals surface area contributed by atoms with Gasteiger partial charge in [0, 0.05) is 18.7 Å². The van der Waals surface area contributed by atoms with Crippen LogP contribution in [-0.2, 0) is 12.7 Å². The Bertz CT molecular complexity index is 790. The van der Waals surface area contributed by atoms with Crippen LogP contribution in [0.4, 0.5) is 13.2 Å². The number of amides is 1. The Kier molecular flexibility index (Phi) is 5.97. The lowest BCUT2D eigenvalue weighted by Crippen LogP contribution is -2.23. The molecule has 0 saturated heterocycles. The second-order valence-electron chi connectivity index (χ2n) is 5.29. The summed E-state index contributed by atoms with van der Waals surface area (Å²) in [6.45, 7) is -0.0692. The van der Waals surface area contributed by atoms with Crippen LogP contribution in [0, 0.1) is 0 Å². The number of nitrogens with one attached hydrogen (secondary N) is 1. The van der Waals surface area contributed by atoms with Gasteiger partial charge in [-0.15, -0.1) is 0 Å². The summed E-state index contributed by atoms with van der Waals surface area (Å²) in [5.41, 5.74) is -0.266. The van der Waals surface area contributed by atoms with Crippen LogP contribution in [-0.4, -0.2) is 27.2 Å². The Labute approximate surface area is 148 Å². The molecule has 2 aromatic rings. The monoisotopic (exact) mass is 369 g/mol. The van der Waals surface area contributed by atoms with Crippen LogP contribution in [0.15, 0.2) is 36.4 Å². The number of carbonyl (C=O) groups excluding carboxylic acids is 1. The van der Waals surface area contributed by atoms with E-state index in [1.807, 2.05) is 0 Å². The van der Waals surface area contributed by atoms with Crippen LogP contribution in [0.2, 0.25) is 0 Å². The topological polar surface area (TPSA) is 56.8 Å². The Morgan fingerprint density at radius 3 is 2.15 bits per heavy atom. The Morgan fingerprint density at radius 2 is 1.58 bits per heavy atom. The van der Waals surface area contributed by atoms with Gasteiger partial charge in [-0.2, -0.15) is 13.2 Å². The van der Waals surface area contributed by atoms with Crippen molar-refractivity contribution >= 4 is 5.91 Å². The Balaban J connectivity index is 2.20. The molecule has 0 bridgehead atoms. The van der Waals surface area contributed by atoms with E-state index < -0.39 is 17.6 Å². The van der Waals surface area contributed by atoms with Crippen LogP contribution in [0.1, 0.15) is 21.5 Å². The van der Waals surface area contributed by atoms with Gasteiger partial charge in [-0.3, -0.25) is 4.79 Å². The van der Waals surface area contributed by atoms with Crippen LogP contribution >= 0.6 is 0 Å². The molecule has 0 spiro atoms. The fourth-order valence-corrected chi connectivity index (χ4v) is 2.34. The first-order valence-corrected chi connectivity index (χ1v) is 7.54. The van der Waals surface area contributed by atoms with E-state index in [1.54, 1.807) is 0 Å². The number of carbonyl (C=O) groups is 1. The molecule has 0 heterocycles. The van der Waals surface area contributed by atoms with Gasteiger partial charge in [-0.05, 0) is 17.7 Å². The highest BCUT2D eigenvalue weighted by Gasteiger charge is 2.30. The lowest BCUT2D eigenvalue weighted by Gasteiger charge is -2.14. The van der Waals surface area contributed by atoms with Crippen LogP contribution in [0.25, 0.3) is 0 Å². The molecule has 0 aliphatic carbocycles. The average molecular weight is 369 g/mol. The number of benzene rings is 2. The normalized spacial score (nSPS) is 11.0. The first kappa shape index (κ1) is 19.4. The molecule has 0 aromatic heterocycles. The summed E-state index contributed by atoms with van der Waals surface area (Å²) in [5, 5.41) is 2.57. The summed E-state index contributed by atoms with van der Waals surface area (Å²) in [6.07, 6.45) is -4.44. The number of ether oxygens (including phenoxy) is 3. The molecule has 0 fully saturated rings. The van der Waals surface area contributed by atoms with Crippen molar-refractivity contribution in [3.05, 3.63) is 53.1 Å². The highest BCUT2D eigenvalue weighted by atomic mass is 19.4. The van der Waals surface area contributed by atoms with Gasteiger partial charge >= 0.3 is 6.18 Å². The fourth-order valence-electron chi connectivity index (χ4n) is 2.34. The highest BCUT2D eigenvalue weighted by molar-refractivity contribution is 5.97. The number of hydrogen-bond acceptors (Lipinski definition) is 4. The molecule has 2 aromatic carbocycles. The van der Waals surface area contributed by atoms with Crippen molar-refractivity contribution in [2.45, 2.75) is 12.7 Å². The van der Waals surface area contributed by atoms with Crippen LogP contribution < -0.4 is 19.5 Å². The molecule has 2 rings (SSSR count). The molecule has 1 N–H and O–H groups in total. The van der Waals surface area contributed by atoms with Gasteiger partial charge in [-0.1, -0.05) is 12.1 Å². The maximum absolute atomic E-state index is 12.8. The number of halogens is 3. The largest absolute Gasteiger partial charge is 0.496 e. The first-order valence-electron chi connectivity index (χ1n) is 7.54. The summed E-state index contributed by atoms with van der Waals surface area (Å²) >= 11 is 0. The van der Waals surface area contributed by atoms with Crippen molar-refractivity contribution in [1.29, 1.82) is 0 Å². The van der Waals surface area contributed by atoms with Gasteiger partial charge in [0.25, 0.3) is 5.91 Å². The number of methoxy groups -OCH3 is 3. The lowest BCUT2D eigenvalue weighted by atomic mass is 10.1. The van der Waals surface area contributed by atoms with Crippen molar-refractivity contribution in [3.8, 4) is 17.2 Å². The lowest BCUT2D eigenvalue weighted by molar-refractivity contribution is -0.137. The number of hydrogen-bond donors (Lipinski definition) is 1. The Morgan fingerprint density at radius 1 is 0.962 bits per heavy atom. The van der Waals surface area contributed by atoms with Crippen LogP contribution in [0.3, 0.4) is 0 Å². The quantitative estimate of drug-likeness (QED) is 0.844. The zero-order valence-electron chi connectivity index (χ0n) is 14.4. The predicted octanol–water partition coefficient (Wildman–Crippen LogP) is 3.66. The van der Waals surface area contributed by atoms with E-state index in [2.05, 4.69) is 5.32 Å². The molecule has 0 aliphatic rings. The van der Waals surface area contributed by atoms with E-state index in [4.69, 9.17) is 14.2 Å². The van der Waals surface area contributed by atoms with E-state index in [-0.39, 0.29) is 17.9 Å². The third kappa shape index (κ3) is 4.38. The summed E-state index contributed by atoms with van der Waals surface area (Å²) < 4.78 is 53.7. The molecule has 140 valence electrons. The Hall–Kier alpha value is -2.90. The van der Waals surface area contributed by atoms with Crippen molar-refractivity contribution in [2.75, 3.05) is 21.3 Å². The second kappa shape index (κ2) is 7.99. The molecule has 0 saturated carbocycles. The van der Waals surface area contributed by atoms with Crippen LogP contribution in [0.5, 0.6) is 17.2 Å². The first-order chi connectivity index (χ1) is 12.3. The summed E-state index contributed by atoms with van der Waals surface area (Å²) in [4.78, 5) is 12.4. The molecule has 0 atom stereocenters. The minimum absolute atomic E-state index is 0.0692. The predicted molar refractivity (Wildman–Crippen MR) is 88.7 cm³/mol. The average Bonchev–Trinajstić information content (AvgIpc) is 2.64. The molecular formula is C18H18F3NO4. The van der Waals surface area contributed by atoms with E-state index in [1.165, 1.54) is 45.6 Å². The van der Waals surface area contributed by atoms with E-state index in [9.17, 15) is 18.0 Å². The molecule has 0 radical (unpaired) electrons. The van der Waals surface area contributed by atoms with Crippen molar-refractivity contribution < 1.29 is 32.2 Å². The van der Waals surface area contributed by atoms with E-state index in [0.717, 1.165) is 12.1 Å². The van der Waals surface area contributed by atoms with Crippen molar-refractivity contribution in [2.24, 2.45) is 0 Å². The van der Waals surface area contributed by atoms with E-state index >= 15 is 0 Å². The van der Waals surface area contributed by atoms with Gasteiger partial charge in [-0.25, -0.2) is 0 Å². The molecule has 1 amide bonds. The van der Waals surface area contributed by atoms with Gasteiger partial charge in [0.05, 0.1) is 32.5 Å². The molecule has 5 nitrogen and oxygen atoms in total. The summed E-state index contributed by atoms with van der Waals surface area (Å²) in [7, 11) is 4.27. The molecular weight excluding hydrogens is 351 g/mol. The van der Waals surface area contributed by atoms with Gasteiger partial charge < -0.3 is 19.5 Å². The molecule has 0 unspecified atom stereocenters. The molecule has 0 aliphatic heterocycles. The minimum Gasteiger partial charge on any atom is -0.496 e. The second-order valence-corrected chi connectivity index (χ2v) is 5.29. The van der Waals surface area contributed by atoms with Gasteiger partial charge in [0.15, 0.2) is 11.5 Å².